The lowest BCUT2D eigenvalue weighted by Gasteiger charge is -2.40. The Hall–Kier alpha value is -5.28. The summed E-state index contributed by atoms with van der Waals surface area (Å²) in [5.41, 5.74) is 3.76. The molecule has 0 aromatic carbocycles. The summed E-state index contributed by atoms with van der Waals surface area (Å²) in [5, 5.41) is 22.7. The Balaban J connectivity index is 0.887. The summed E-state index contributed by atoms with van der Waals surface area (Å²) in [7, 11) is 0. The van der Waals surface area contributed by atoms with Crippen molar-refractivity contribution in [2.24, 2.45) is 0 Å². The van der Waals surface area contributed by atoms with Crippen LogP contribution in [-0.2, 0) is 22.4 Å². The van der Waals surface area contributed by atoms with E-state index in [0.717, 1.165) is 37.1 Å². The molecule has 4 aromatic heterocycles. The second-order valence-electron chi connectivity index (χ2n) is 13.1. The van der Waals surface area contributed by atoms with E-state index >= 15 is 0 Å². The molecule has 2 amide bonds. The van der Waals surface area contributed by atoms with Gasteiger partial charge in [-0.25, -0.2) is 17.6 Å². The van der Waals surface area contributed by atoms with Crippen molar-refractivity contribution in [3.63, 3.8) is 0 Å². The van der Waals surface area contributed by atoms with Crippen molar-refractivity contribution in [3.05, 3.63) is 83.7 Å². The topological polar surface area (TPSA) is 142 Å². The number of carbonyl (C=O) groups excluding carboxylic acids is 2. The minimum atomic E-state index is -2.69. The molecule has 0 unspecified atom stereocenters. The largest absolute Gasteiger partial charge is 0.359 e. The number of pyridine rings is 2. The molecule has 2 atom stereocenters. The molecular formula is C34H34F4N10O2. The highest BCUT2D eigenvalue weighted by molar-refractivity contribution is 5.91. The van der Waals surface area contributed by atoms with Gasteiger partial charge in [0, 0.05) is 35.6 Å². The van der Waals surface area contributed by atoms with Crippen molar-refractivity contribution in [1.29, 1.82) is 0 Å². The molecule has 0 spiro atoms. The van der Waals surface area contributed by atoms with Crippen LogP contribution in [0.5, 0.6) is 0 Å². The maximum Gasteiger partial charge on any atom is 0.282 e. The van der Waals surface area contributed by atoms with Crippen LogP contribution in [0.25, 0.3) is 0 Å². The van der Waals surface area contributed by atoms with Gasteiger partial charge in [0.15, 0.2) is 11.6 Å². The molecule has 3 aliphatic rings. The molecule has 3 fully saturated rings. The summed E-state index contributed by atoms with van der Waals surface area (Å²) >= 11 is 0. The molecule has 1 aliphatic carbocycles. The molecule has 6 heterocycles. The van der Waals surface area contributed by atoms with Crippen LogP contribution < -0.4 is 20.4 Å². The molecule has 2 aliphatic heterocycles. The van der Waals surface area contributed by atoms with Crippen LogP contribution in [0.1, 0.15) is 60.3 Å². The van der Waals surface area contributed by atoms with Crippen molar-refractivity contribution in [1.82, 2.24) is 30.4 Å². The standard InChI is InChI=1S/C34H34F4N10O2/c35-33(36)17-47(18-33)25-8-10-39-23(13-25)15-31(49)41-29-6-4-27(43-45-29)21-2-1-3-22(12-21)28-5-7-30(46-44-28)42-32(50)16-24-14-26(9-11-40-24)48-19-34(37,38)20-48/h4-11,13-14,21-22H,1-3,12,15-20H2,(H,41,45,49)(H,42,46,50)/t21-,22-/m0/s1. The summed E-state index contributed by atoms with van der Waals surface area (Å²) in [6, 6.07) is 13.7. The van der Waals surface area contributed by atoms with E-state index in [1.165, 1.54) is 22.2 Å². The van der Waals surface area contributed by atoms with Gasteiger partial charge in [0.2, 0.25) is 11.8 Å². The van der Waals surface area contributed by atoms with E-state index in [1.54, 1.807) is 36.4 Å². The highest BCUT2D eigenvalue weighted by atomic mass is 19.3. The summed E-state index contributed by atoms with van der Waals surface area (Å²) in [6.45, 7) is -1.40. The molecule has 2 saturated heterocycles. The predicted octanol–water partition coefficient (Wildman–Crippen LogP) is 4.77. The van der Waals surface area contributed by atoms with Crippen molar-refractivity contribution in [2.75, 3.05) is 46.6 Å². The first-order valence-electron chi connectivity index (χ1n) is 16.4. The fourth-order valence-electron chi connectivity index (χ4n) is 6.59. The predicted molar refractivity (Wildman–Crippen MR) is 175 cm³/mol. The molecule has 16 heteroatoms. The fourth-order valence-corrected chi connectivity index (χ4v) is 6.59. The average Bonchev–Trinajstić information content (AvgIpc) is 3.07. The number of hydrogen-bond donors (Lipinski definition) is 2. The lowest BCUT2D eigenvalue weighted by atomic mass is 9.78. The fraction of sp³-hybridized carbons (Fsp3) is 0.412. The number of carbonyl (C=O) groups is 2. The molecule has 2 N–H and O–H groups in total. The minimum absolute atomic E-state index is 0.0367. The van der Waals surface area contributed by atoms with Gasteiger partial charge in [-0.1, -0.05) is 6.42 Å². The summed E-state index contributed by atoms with van der Waals surface area (Å²) < 4.78 is 53.0. The quantitative estimate of drug-likeness (QED) is 0.224. The second-order valence-corrected chi connectivity index (χ2v) is 13.1. The molecule has 4 aromatic rings. The van der Waals surface area contributed by atoms with Gasteiger partial charge in [-0.15, -0.1) is 10.2 Å². The van der Waals surface area contributed by atoms with E-state index in [0.29, 0.717) is 34.4 Å². The molecule has 7 rings (SSSR count). The summed E-state index contributed by atoms with van der Waals surface area (Å²) in [4.78, 5) is 36.8. The van der Waals surface area contributed by atoms with Crippen LogP contribution in [0.4, 0.5) is 40.6 Å². The van der Waals surface area contributed by atoms with E-state index < -0.39 is 11.8 Å². The van der Waals surface area contributed by atoms with Crippen LogP contribution >= 0.6 is 0 Å². The first kappa shape index (κ1) is 33.2. The number of halogens is 4. The van der Waals surface area contributed by atoms with E-state index in [9.17, 15) is 27.2 Å². The second kappa shape index (κ2) is 13.6. The molecule has 260 valence electrons. The Labute approximate surface area is 284 Å². The van der Waals surface area contributed by atoms with Crippen LogP contribution in [-0.4, -0.2) is 80.2 Å². The lowest BCUT2D eigenvalue weighted by Crippen LogP contribution is -2.56. The monoisotopic (exact) mass is 690 g/mol. The van der Waals surface area contributed by atoms with Gasteiger partial charge in [0.05, 0.1) is 61.8 Å². The van der Waals surface area contributed by atoms with Gasteiger partial charge < -0.3 is 20.4 Å². The third-order valence-electron chi connectivity index (χ3n) is 9.12. The Morgan fingerprint density at radius 2 is 1.10 bits per heavy atom. The number of alkyl halides is 4. The first-order chi connectivity index (χ1) is 24.0. The lowest BCUT2D eigenvalue weighted by molar-refractivity contribution is -0.116. The SMILES string of the molecule is O=C(Cc1cc(N2CC(F)(F)C2)ccn1)Nc1ccc([C@H]2CCC[C@H](c3ccc(NC(=O)Cc4cc(N5CC(F)(F)C5)ccn4)nn3)C2)nn1. The van der Waals surface area contributed by atoms with Gasteiger partial charge in [0.25, 0.3) is 11.8 Å². The maximum atomic E-state index is 13.3. The normalized spacial score (nSPS) is 20.7. The summed E-state index contributed by atoms with van der Waals surface area (Å²) in [5.74, 6) is -5.19. The van der Waals surface area contributed by atoms with Crippen molar-refractivity contribution in [2.45, 2.75) is 62.2 Å². The Morgan fingerprint density at radius 1 is 0.660 bits per heavy atom. The third-order valence-corrected chi connectivity index (χ3v) is 9.12. The van der Waals surface area contributed by atoms with Gasteiger partial charge in [-0.2, -0.15) is 10.2 Å². The number of anilines is 4. The van der Waals surface area contributed by atoms with Crippen LogP contribution in [0, 0.1) is 0 Å². The number of hydrogen-bond acceptors (Lipinski definition) is 10. The van der Waals surface area contributed by atoms with E-state index in [-0.39, 0.29) is 62.7 Å². The Bertz CT molecular complexity index is 1710. The van der Waals surface area contributed by atoms with Gasteiger partial charge >= 0.3 is 0 Å². The van der Waals surface area contributed by atoms with E-state index in [1.807, 2.05) is 12.1 Å². The Kier molecular flexibility index (Phi) is 9.01. The van der Waals surface area contributed by atoms with E-state index in [2.05, 4.69) is 41.0 Å². The first-order valence-corrected chi connectivity index (χ1v) is 16.4. The highest BCUT2D eigenvalue weighted by Crippen LogP contribution is 2.40. The van der Waals surface area contributed by atoms with Gasteiger partial charge in [-0.3, -0.25) is 19.6 Å². The van der Waals surface area contributed by atoms with Gasteiger partial charge in [0.1, 0.15) is 0 Å². The average molecular weight is 691 g/mol. The van der Waals surface area contributed by atoms with Gasteiger partial charge in [-0.05, 0) is 67.8 Å². The van der Waals surface area contributed by atoms with E-state index in [4.69, 9.17) is 0 Å². The number of nitrogens with one attached hydrogen (secondary N) is 2. The molecule has 12 nitrogen and oxygen atoms in total. The van der Waals surface area contributed by atoms with Crippen LogP contribution in [0.2, 0.25) is 0 Å². The smallest absolute Gasteiger partial charge is 0.282 e. The number of nitrogens with zero attached hydrogens (tertiary/aromatic N) is 8. The number of rotatable bonds is 10. The van der Waals surface area contributed by atoms with Crippen LogP contribution in [0.15, 0.2) is 60.9 Å². The Morgan fingerprint density at radius 3 is 1.48 bits per heavy atom. The van der Waals surface area contributed by atoms with Crippen molar-refractivity contribution < 1.29 is 27.2 Å². The number of amides is 2. The molecule has 0 bridgehead atoms. The molecular weight excluding hydrogens is 656 g/mol. The number of aromatic nitrogens is 6. The maximum absolute atomic E-state index is 13.3. The zero-order chi connectivity index (χ0) is 34.9. The van der Waals surface area contributed by atoms with Crippen LogP contribution in [0.3, 0.4) is 0 Å². The minimum Gasteiger partial charge on any atom is -0.359 e. The van der Waals surface area contributed by atoms with Crippen molar-refractivity contribution in [3.8, 4) is 0 Å². The zero-order valence-corrected chi connectivity index (χ0v) is 26.9. The molecule has 50 heavy (non-hydrogen) atoms. The summed E-state index contributed by atoms with van der Waals surface area (Å²) in [6.07, 6.45) is 6.54. The molecule has 1 saturated carbocycles. The zero-order valence-electron chi connectivity index (χ0n) is 26.9. The molecule has 0 radical (unpaired) electrons. The van der Waals surface area contributed by atoms with Crippen molar-refractivity contribution >= 4 is 34.8 Å². The third kappa shape index (κ3) is 7.95. The highest BCUT2D eigenvalue weighted by Gasteiger charge is 2.44.